The third-order valence-corrected chi connectivity index (χ3v) is 6.60. The summed E-state index contributed by atoms with van der Waals surface area (Å²) >= 11 is 0. The predicted molar refractivity (Wildman–Crippen MR) is 169 cm³/mol. The van der Waals surface area contributed by atoms with Crippen LogP contribution in [0.3, 0.4) is 0 Å². The highest BCUT2D eigenvalue weighted by Gasteiger charge is 2.31. The van der Waals surface area contributed by atoms with Crippen LogP contribution in [0.5, 0.6) is 0 Å². The van der Waals surface area contributed by atoms with E-state index in [9.17, 15) is 13.2 Å². The number of allylic oxidation sites excluding steroid dienone is 3. The third-order valence-electron chi connectivity index (χ3n) is 6.60. The van der Waals surface area contributed by atoms with Gasteiger partial charge in [-0.3, -0.25) is 0 Å². The number of aliphatic hydroxyl groups is 1. The number of aliphatic imine (C=N–C) groups is 1. The largest absolute Gasteiger partial charge is 0.400 e. The van der Waals surface area contributed by atoms with Gasteiger partial charge in [0, 0.05) is 48.9 Å². The average Bonchev–Trinajstić information content (AvgIpc) is 2.89. The summed E-state index contributed by atoms with van der Waals surface area (Å²) in [4.78, 5) is 9.60. The highest BCUT2D eigenvalue weighted by Crippen LogP contribution is 2.37. The second kappa shape index (κ2) is 18.5. The molecule has 1 aromatic carbocycles. The van der Waals surface area contributed by atoms with Gasteiger partial charge >= 0.3 is 6.68 Å². The van der Waals surface area contributed by atoms with Gasteiger partial charge in [-0.25, -0.2) is 4.99 Å². The van der Waals surface area contributed by atoms with Crippen LogP contribution in [0.2, 0.25) is 0 Å². The molecule has 1 fully saturated rings. The van der Waals surface area contributed by atoms with Gasteiger partial charge in [0.15, 0.2) is 0 Å². The van der Waals surface area contributed by atoms with Crippen LogP contribution < -0.4 is 11.1 Å². The molecule has 0 bridgehead atoms. The van der Waals surface area contributed by atoms with Gasteiger partial charge in [0.05, 0.1) is 11.7 Å². The van der Waals surface area contributed by atoms with Crippen molar-refractivity contribution < 1.29 is 18.3 Å². The first-order valence-electron chi connectivity index (χ1n) is 14.5. The van der Waals surface area contributed by atoms with Crippen molar-refractivity contribution >= 4 is 17.3 Å². The first kappa shape index (κ1) is 38.1. The minimum absolute atomic E-state index is 0.167. The summed E-state index contributed by atoms with van der Waals surface area (Å²) < 4.78 is 29.0. The Hall–Kier alpha value is -2.94. The van der Waals surface area contributed by atoms with Gasteiger partial charge < -0.3 is 26.0 Å². The Balaban J connectivity index is 0.000000693. The van der Waals surface area contributed by atoms with Crippen LogP contribution in [0.4, 0.5) is 18.9 Å². The highest BCUT2D eigenvalue weighted by molar-refractivity contribution is 5.97. The Labute approximate surface area is 246 Å². The number of likely N-dealkylation sites (tertiary alicyclic amines) is 1. The van der Waals surface area contributed by atoms with Crippen molar-refractivity contribution in [2.75, 3.05) is 20.1 Å². The zero-order valence-corrected chi connectivity index (χ0v) is 26.9. The summed E-state index contributed by atoms with van der Waals surface area (Å²) in [6.07, 6.45) is 7.19. The fourth-order valence-electron chi connectivity index (χ4n) is 4.15. The zero-order valence-electron chi connectivity index (χ0n) is 26.9. The summed E-state index contributed by atoms with van der Waals surface area (Å²) in [6.45, 7) is 21.2. The van der Waals surface area contributed by atoms with Crippen LogP contribution in [-0.4, -0.2) is 59.8 Å². The lowest BCUT2D eigenvalue weighted by Crippen LogP contribution is -2.47. The maximum absolute atomic E-state index is 9.67. The van der Waals surface area contributed by atoms with Gasteiger partial charge in [0.2, 0.25) is 5.96 Å². The van der Waals surface area contributed by atoms with Gasteiger partial charge in [-0.15, -0.1) is 0 Å². The molecule has 41 heavy (non-hydrogen) atoms. The normalized spacial score (nSPS) is 18.8. The molecule has 0 saturated carbocycles. The Morgan fingerprint density at radius 3 is 2.10 bits per heavy atom. The molecule has 1 saturated heterocycles. The predicted octanol–water partition coefficient (Wildman–Crippen LogP) is 7.59. The molecule has 234 valence electrons. The summed E-state index contributed by atoms with van der Waals surface area (Å²) in [7, 11) is 2.09. The molecule has 3 heterocycles. The van der Waals surface area contributed by atoms with Crippen molar-refractivity contribution in [3.8, 4) is 0 Å². The van der Waals surface area contributed by atoms with Crippen LogP contribution in [0.25, 0.3) is 5.70 Å². The molecular formula is C32H54F3N5O. The van der Waals surface area contributed by atoms with E-state index in [1.807, 2.05) is 39.8 Å². The van der Waals surface area contributed by atoms with Crippen LogP contribution in [0, 0.1) is 5.41 Å². The third kappa shape index (κ3) is 13.5. The van der Waals surface area contributed by atoms with Crippen LogP contribution >= 0.6 is 0 Å². The number of para-hydroxylation sites is 1. The van der Waals surface area contributed by atoms with Gasteiger partial charge in [-0.05, 0) is 70.1 Å². The Morgan fingerprint density at radius 1 is 1.15 bits per heavy atom. The number of aliphatic hydroxyl groups excluding tert-OH is 1. The standard InChI is InChI=1S/C19H27N3.C7H12N2.C3H8O.C2H6.CHF3/c1-6-15-8-7-9-16-14(2)21(5)18(20-17(15)16)22-12-10-19(3,4)11-13-22;1-5-3-4-7(8)6(2)9-5;1-3(2)4;1-2;2-1(3)4/h7-9H,2,6,10-13H2,1,3-5H3;3-4,6,9H,8H2,1-2H3;3-4H,1-2H3;1-2H3;1H. The number of hydrogen-bond acceptors (Lipinski definition) is 6. The molecule has 3 aliphatic rings. The van der Waals surface area contributed by atoms with E-state index in [0.29, 0.717) is 11.5 Å². The molecule has 1 atom stereocenters. The Bertz CT molecular complexity index is 1010. The molecule has 0 aliphatic carbocycles. The number of nitrogens with one attached hydrogen (secondary N) is 1. The summed E-state index contributed by atoms with van der Waals surface area (Å²) in [6, 6.07) is 6.72. The first-order valence-corrected chi connectivity index (χ1v) is 14.5. The SMILES string of the molecule is C=C1c2cccc(CC)c2N=C(N2CCC(C)(C)CC2)N1C.CC.CC(C)O.CC1=CC=C(N)C(C)N1.FC(F)F. The topological polar surface area (TPSA) is 77.1 Å². The maximum atomic E-state index is 9.67. The first-order chi connectivity index (χ1) is 19.1. The monoisotopic (exact) mass is 581 g/mol. The summed E-state index contributed by atoms with van der Waals surface area (Å²) in [5.74, 6) is 1.06. The van der Waals surface area contributed by atoms with Gasteiger partial charge in [0.1, 0.15) is 0 Å². The van der Waals surface area contributed by atoms with Crippen molar-refractivity contribution in [1.29, 1.82) is 0 Å². The molecule has 3 aliphatic heterocycles. The Morgan fingerprint density at radius 2 is 1.66 bits per heavy atom. The van der Waals surface area contributed by atoms with Crippen LogP contribution in [-0.2, 0) is 6.42 Å². The molecule has 4 N–H and O–H groups in total. The minimum Gasteiger partial charge on any atom is -0.400 e. The second-order valence-electron chi connectivity index (χ2n) is 11.0. The number of benzene rings is 1. The van der Waals surface area contributed by atoms with E-state index >= 15 is 0 Å². The number of nitrogens with zero attached hydrogens (tertiary/aromatic N) is 3. The lowest BCUT2D eigenvalue weighted by molar-refractivity contribution is 0.00818. The van der Waals surface area contributed by atoms with E-state index in [-0.39, 0.29) is 6.10 Å². The van der Waals surface area contributed by atoms with Crippen LogP contribution in [0.1, 0.15) is 86.3 Å². The quantitative estimate of drug-likeness (QED) is 0.319. The molecule has 0 radical (unpaired) electrons. The van der Waals surface area contributed by atoms with Gasteiger partial charge in [-0.2, -0.15) is 13.2 Å². The number of guanidine groups is 1. The second-order valence-corrected chi connectivity index (χ2v) is 11.0. The molecular weight excluding hydrogens is 527 g/mol. The van der Waals surface area contributed by atoms with Crippen molar-refractivity contribution in [2.45, 2.75) is 100 Å². The molecule has 4 rings (SSSR count). The number of piperidine rings is 1. The minimum atomic E-state index is -3.67. The number of alkyl halides is 3. The molecule has 0 amide bonds. The number of fused-ring (bicyclic) bond motifs is 1. The Kier molecular flexibility index (Phi) is 17.2. The van der Waals surface area contributed by atoms with Crippen molar-refractivity contribution in [3.05, 3.63) is 59.5 Å². The number of nitrogens with two attached hydrogens (primary N) is 1. The molecule has 0 spiro atoms. The fraction of sp³-hybridized carbons (Fsp3) is 0.594. The number of aryl methyl sites for hydroxylation is 1. The molecule has 1 aromatic rings. The number of halogens is 3. The van der Waals surface area contributed by atoms with Crippen LogP contribution in [0.15, 0.2) is 53.3 Å². The van der Waals surface area contributed by atoms with E-state index < -0.39 is 6.68 Å². The fourth-order valence-corrected chi connectivity index (χ4v) is 4.15. The molecule has 6 nitrogen and oxygen atoms in total. The number of hydrogen-bond donors (Lipinski definition) is 3. The van der Waals surface area contributed by atoms with E-state index in [4.69, 9.17) is 15.8 Å². The molecule has 9 heteroatoms. The highest BCUT2D eigenvalue weighted by atomic mass is 19.4. The summed E-state index contributed by atoms with van der Waals surface area (Å²) in [5.41, 5.74) is 12.8. The van der Waals surface area contributed by atoms with Crippen molar-refractivity contribution in [1.82, 2.24) is 15.1 Å². The van der Waals surface area contributed by atoms with E-state index in [0.717, 1.165) is 42.6 Å². The summed E-state index contributed by atoms with van der Waals surface area (Å²) in [5, 5.41) is 11.3. The van der Waals surface area contributed by atoms with E-state index in [1.54, 1.807) is 13.8 Å². The lowest BCUT2D eigenvalue weighted by Gasteiger charge is -2.42. The smallest absolute Gasteiger partial charge is 0.379 e. The number of rotatable bonds is 1. The van der Waals surface area contributed by atoms with Gasteiger partial charge in [-0.1, -0.05) is 59.4 Å². The van der Waals surface area contributed by atoms with Crippen molar-refractivity contribution in [3.63, 3.8) is 0 Å². The van der Waals surface area contributed by atoms with Gasteiger partial charge in [0.25, 0.3) is 0 Å². The number of dihydropyridines is 1. The molecule has 1 unspecified atom stereocenters. The maximum Gasteiger partial charge on any atom is 0.379 e. The van der Waals surface area contributed by atoms with E-state index in [2.05, 4.69) is 67.7 Å². The lowest BCUT2D eigenvalue weighted by atomic mass is 9.83. The van der Waals surface area contributed by atoms with E-state index in [1.165, 1.54) is 29.7 Å². The average molecular weight is 582 g/mol. The zero-order chi connectivity index (χ0) is 31.9. The molecule has 0 aromatic heterocycles. The van der Waals surface area contributed by atoms with Crippen molar-refractivity contribution in [2.24, 2.45) is 16.1 Å².